The minimum absolute atomic E-state index is 0. The highest BCUT2D eigenvalue weighted by Crippen LogP contribution is 2.30. The summed E-state index contributed by atoms with van der Waals surface area (Å²) in [5, 5.41) is 11.0. The fourth-order valence-corrected chi connectivity index (χ4v) is 3.92. The number of aryl methyl sites for hydroxylation is 1. The van der Waals surface area contributed by atoms with Crippen molar-refractivity contribution in [1.82, 2.24) is 20.4 Å². The van der Waals surface area contributed by atoms with E-state index in [1.807, 2.05) is 19.4 Å². The smallest absolute Gasteiger partial charge is 0.225 e. The van der Waals surface area contributed by atoms with E-state index in [-0.39, 0.29) is 36.2 Å². The van der Waals surface area contributed by atoms with Crippen LogP contribution >= 0.6 is 12.4 Å². The van der Waals surface area contributed by atoms with Gasteiger partial charge >= 0.3 is 0 Å². The zero-order valence-electron chi connectivity index (χ0n) is 17.5. The molecule has 1 aliphatic rings. The van der Waals surface area contributed by atoms with Crippen LogP contribution in [-0.2, 0) is 11.8 Å². The summed E-state index contributed by atoms with van der Waals surface area (Å²) in [4.78, 5) is 13.1. The Morgan fingerprint density at radius 1 is 1.14 bits per heavy atom. The summed E-state index contributed by atoms with van der Waals surface area (Å²) in [5.74, 6) is 1.07. The number of hydrogen-bond acceptors (Lipinski definition) is 3. The number of amides is 1. The van der Waals surface area contributed by atoms with Gasteiger partial charge in [-0.05, 0) is 28.5 Å². The molecule has 1 aliphatic heterocycles. The molecule has 154 valence electrons. The first kappa shape index (κ1) is 22.4. The van der Waals surface area contributed by atoms with Crippen molar-refractivity contribution in [3.63, 3.8) is 0 Å². The van der Waals surface area contributed by atoms with Crippen LogP contribution in [0.15, 0.2) is 36.7 Å². The average Bonchev–Trinajstić information content (AvgIpc) is 3.28. The summed E-state index contributed by atoms with van der Waals surface area (Å²) in [5.41, 5.74) is 3.63. The molecule has 2 heterocycles. The topological polar surface area (TPSA) is 59.0 Å². The molecule has 0 spiro atoms. The van der Waals surface area contributed by atoms with Crippen molar-refractivity contribution in [3.8, 4) is 0 Å². The van der Waals surface area contributed by atoms with Crippen LogP contribution < -0.4 is 10.6 Å². The van der Waals surface area contributed by atoms with Gasteiger partial charge in [-0.15, -0.1) is 12.4 Å². The Labute approximate surface area is 174 Å². The molecule has 1 saturated heterocycles. The molecule has 28 heavy (non-hydrogen) atoms. The maximum Gasteiger partial charge on any atom is 0.225 e. The molecule has 5 nitrogen and oxygen atoms in total. The Hall–Kier alpha value is -1.85. The van der Waals surface area contributed by atoms with E-state index in [0.29, 0.717) is 18.4 Å². The van der Waals surface area contributed by atoms with Gasteiger partial charge in [-0.3, -0.25) is 9.48 Å². The minimum atomic E-state index is -0.0645. The number of hydrogen-bond donors (Lipinski definition) is 2. The van der Waals surface area contributed by atoms with E-state index >= 15 is 0 Å². The fourth-order valence-electron chi connectivity index (χ4n) is 3.92. The fraction of sp³-hybridized carbons (Fsp3) is 0.545. The van der Waals surface area contributed by atoms with Crippen LogP contribution in [0.3, 0.4) is 0 Å². The first-order valence-electron chi connectivity index (χ1n) is 9.96. The lowest BCUT2D eigenvalue weighted by molar-refractivity contribution is -0.125. The maximum absolute atomic E-state index is 13.1. The molecule has 0 saturated carbocycles. The van der Waals surface area contributed by atoms with Gasteiger partial charge in [0, 0.05) is 32.3 Å². The third-order valence-corrected chi connectivity index (χ3v) is 5.63. The van der Waals surface area contributed by atoms with Gasteiger partial charge in [-0.1, -0.05) is 52.0 Å². The van der Waals surface area contributed by atoms with Crippen LogP contribution in [0.4, 0.5) is 0 Å². The van der Waals surface area contributed by atoms with Crippen LogP contribution in [0.2, 0.25) is 0 Å². The first-order valence-corrected chi connectivity index (χ1v) is 9.96. The predicted octanol–water partition coefficient (Wildman–Crippen LogP) is 3.78. The third kappa shape index (κ3) is 4.95. The van der Waals surface area contributed by atoms with Crippen molar-refractivity contribution < 1.29 is 4.79 Å². The van der Waals surface area contributed by atoms with Crippen LogP contribution in [-0.4, -0.2) is 28.8 Å². The van der Waals surface area contributed by atoms with E-state index in [2.05, 4.69) is 67.7 Å². The number of nitrogens with one attached hydrogen (secondary N) is 2. The number of aromatic nitrogens is 2. The molecular formula is C22H33ClN4O. The van der Waals surface area contributed by atoms with Crippen molar-refractivity contribution in [1.29, 1.82) is 0 Å². The standard InChI is InChI=1S/C22H32N4O.ClH/c1-14(2)16-6-8-17(9-7-16)21(15(3)4)25-22(27)20-12-23-11-19(20)18-10-24-26(5)13-18;/h6-10,13-15,19-21,23H,11-12H2,1-5H3,(H,25,27);1H/t19-,20+,21?;/m1./s1. The van der Waals surface area contributed by atoms with Crippen molar-refractivity contribution in [2.45, 2.75) is 45.6 Å². The Bertz CT molecular complexity index is 769. The molecule has 2 N–H and O–H groups in total. The Morgan fingerprint density at radius 3 is 2.32 bits per heavy atom. The molecule has 0 radical (unpaired) electrons. The molecule has 3 atom stereocenters. The van der Waals surface area contributed by atoms with Crippen LogP contribution in [0.1, 0.15) is 62.3 Å². The molecule has 1 aromatic heterocycles. The number of carbonyl (C=O) groups is 1. The number of rotatable bonds is 6. The molecule has 6 heteroatoms. The Morgan fingerprint density at radius 2 is 1.79 bits per heavy atom. The quantitative estimate of drug-likeness (QED) is 0.770. The van der Waals surface area contributed by atoms with E-state index < -0.39 is 0 Å². The summed E-state index contributed by atoms with van der Waals surface area (Å²) in [7, 11) is 1.91. The van der Waals surface area contributed by atoms with Gasteiger partial charge in [0.05, 0.1) is 18.2 Å². The molecule has 0 aliphatic carbocycles. The highest BCUT2D eigenvalue weighted by atomic mass is 35.5. The SMILES string of the molecule is CC(C)c1ccc(C(NC(=O)[C@H]2CNC[C@@H]2c2cnn(C)c2)C(C)C)cc1.Cl. The van der Waals surface area contributed by atoms with Crippen molar-refractivity contribution in [2.75, 3.05) is 13.1 Å². The van der Waals surface area contributed by atoms with Gasteiger partial charge < -0.3 is 10.6 Å². The molecule has 3 rings (SSSR count). The number of halogens is 1. The van der Waals surface area contributed by atoms with E-state index in [1.54, 1.807) is 4.68 Å². The van der Waals surface area contributed by atoms with Gasteiger partial charge in [0.15, 0.2) is 0 Å². The zero-order chi connectivity index (χ0) is 19.6. The molecular weight excluding hydrogens is 372 g/mol. The second-order valence-corrected chi connectivity index (χ2v) is 8.37. The second-order valence-electron chi connectivity index (χ2n) is 8.37. The van der Waals surface area contributed by atoms with Crippen LogP contribution in [0, 0.1) is 11.8 Å². The van der Waals surface area contributed by atoms with Gasteiger partial charge in [0.25, 0.3) is 0 Å². The highest BCUT2D eigenvalue weighted by Gasteiger charge is 2.36. The molecule has 1 aromatic carbocycles. The lowest BCUT2D eigenvalue weighted by Crippen LogP contribution is -2.38. The van der Waals surface area contributed by atoms with Gasteiger partial charge in [-0.2, -0.15) is 5.10 Å². The summed E-state index contributed by atoms with van der Waals surface area (Å²) in [6.45, 7) is 10.2. The number of carbonyl (C=O) groups excluding carboxylic acids is 1. The summed E-state index contributed by atoms with van der Waals surface area (Å²) in [6.07, 6.45) is 3.89. The normalized spacial score (nSPS) is 20.2. The Balaban J connectivity index is 0.00000280. The summed E-state index contributed by atoms with van der Waals surface area (Å²) >= 11 is 0. The lowest BCUT2D eigenvalue weighted by atomic mass is 9.88. The van der Waals surface area contributed by atoms with E-state index in [1.165, 1.54) is 11.1 Å². The van der Waals surface area contributed by atoms with Crippen molar-refractivity contribution in [3.05, 3.63) is 53.3 Å². The molecule has 1 unspecified atom stereocenters. The maximum atomic E-state index is 13.1. The number of benzene rings is 1. The Kier molecular flexibility index (Phi) is 7.67. The number of nitrogens with zero attached hydrogens (tertiary/aromatic N) is 2. The highest BCUT2D eigenvalue weighted by molar-refractivity contribution is 5.85. The largest absolute Gasteiger partial charge is 0.349 e. The van der Waals surface area contributed by atoms with E-state index in [4.69, 9.17) is 0 Å². The molecule has 2 aromatic rings. The predicted molar refractivity (Wildman–Crippen MR) is 116 cm³/mol. The second kappa shape index (κ2) is 9.57. The van der Waals surface area contributed by atoms with Gasteiger partial charge in [0.2, 0.25) is 5.91 Å². The lowest BCUT2D eigenvalue weighted by Gasteiger charge is -2.26. The van der Waals surface area contributed by atoms with E-state index in [0.717, 1.165) is 12.1 Å². The third-order valence-electron chi connectivity index (χ3n) is 5.63. The van der Waals surface area contributed by atoms with Crippen LogP contribution in [0.25, 0.3) is 0 Å². The van der Waals surface area contributed by atoms with Crippen molar-refractivity contribution in [2.24, 2.45) is 18.9 Å². The van der Waals surface area contributed by atoms with Gasteiger partial charge in [0.1, 0.15) is 0 Å². The summed E-state index contributed by atoms with van der Waals surface area (Å²) in [6, 6.07) is 8.69. The van der Waals surface area contributed by atoms with Crippen LogP contribution in [0.5, 0.6) is 0 Å². The molecule has 0 bridgehead atoms. The van der Waals surface area contributed by atoms with Gasteiger partial charge in [-0.25, -0.2) is 0 Å². The molecule has 1 fully saturated rings. The van der Waals surface area contributed by atoms with Crippen molar-refractivity contribution >= 4 is 18.3 Å². The first-order chi connectivity index (χ1) is 12.9. The average molecular weight is 405 g/mol. The summed E-state index contributed by atoms with van der Waals surface area (Å²) < 4.78 is 1.80. The molecule has 1 amide bonds. The minimum Gasteiger partial charge on any atom is -0.349 e. The zero-order valence-corrected chi connectivity index (χ0v) is 18.3. The monoisotopic (exact) mass is 404 g/mol. The van der Waals surface area contributed by atoms with E-state index in [9.17, 15) is 4.79 Å².